The van der Waals surface area contributed by atoms with Crippen molar-refractivity contribution >= 4 is 23.6 Å². The molecule has 154 valence electrons. The lowest BCUT2D eigenvalue weighted by Crippen LogP contribution is -2.45. The fraction of sp³-hybridized carbons (Fsp3) is 0.636. The van der Waals surface area contributed by atoms with E-state index in [9.17, 15) is 9.59 Å². The number of nitrogens with zero attached hydrogens (tertiary/aromatic N) is 1. The average molecular weight is 405 g/mol. The molecule has 1 aromatic carbocycles. The quantitative estimate of drug-likeness (QED) is 0.675. The molecule has 0 bridgehead atoms. The lowest BCUT2D eigenvalue weighted by atomic mass is 9.85. The van der Waals surface area contributed by atoms with Crippen LogP contribution in [0.2, 0.25) is 0 Å². The highest BCUT2D eigenvalue weighted by Crippen LogP contribution is 2.30. The van der Waals surface area contributed by atoms with Gasteiger partial charge in [-0.25, -0.2) is 0 Å². The van der Waals surface area contributed by atoms with Crippen molar-refractivity contribution in [3.8, 4) is 0 Å². The summed E-state index contributed by atoms with van der Waals surface area (Å²) in [5, 5.41) is 3.18. The third-order valence-corrected chi connectivity index (χ3v) is 6.67. The van der Waals surface area contributed by atoms with Crippen LogP contribution >= 0.6 is 11.8 Å². The van der Waals surface area contributed by atoms with E-state index in [1.54, 1.807) is 16.7 Å². The summed E-state index contributed by atoms with van der Waals surface area (Å²) in [5.74, 6) is 0.226. The summed E-state index contributed by atoms with van der Waals surface area (Å²) < 4.78 is 5.76. The van der Waals surface area contributed by atoms with E-state index in [0.29, 0.717) is 25.8 Å². The summed E-state index contributed by atoms with van der Waals surface area (Å²) in [4.78, 5) is 27.7. The van der Waals surface area contributed by atoms with Gasteiger partial charge in [-0.2, -0.15) is 0 Å². The van der Waals surface area contributed by atoms with Crippen molar-refractivity contribution in [1.82, 2.24) is 10.2 Å². The maximum atomic E-state index is 12.7. The molecule has 2 aliphatic heterocycles. The van der Waals surface area contributed by atoms with E-state index in [1.807, 2.05) is 7.05 Å². The Labute approximate surface area is 172 Å². The number of carbonyl (C=O) groups is 2. The number of nitrogens with one attached hydrogen (secondary N) is 1. The number of hydrogen-bond donors (Lipinski definition) is 1. The van der Waals surface area contributed by atoms with Crippen molar-refractivity contribution in [2.75, 3.05) is 26.5 Å². The zero-order valence-corrected chi connectivity index (χ0v) is 17.9. The molecule has 0 spiro atoms. The molecule has 5 nitrogen and oxygen atoms in total. The number of carbonyl (C=O) groups excluding carboxylic acids is 2. The Morgan fingerprint density at radius 1 is 1.32 bits per heavy atom. The molecular formula is C22H32N2O3S. The highest BCUT2D eigenvalue weighted by Gasteiger charge is 2.38. The average Bonchev–Trinajstić information content (AvgIpc) is 3.08. The molecule has 0 radical (unpaired) electrons. The third kappa shape index (κ3) is 5.74. The first-order valence-electron chi connectivity index (χ1n) is 10.3. The molecule has 0 saturated carbocycles. The number of ether oxygens (including phenoxy) is 1. The largest absolute Gasteiger partial charge is 0.376 e. The van der Waals surface area contributed by atoms with Crippen LogP contribution < -0.4 is 5.32 Å². The van der Waals surface area contributed by atoms with Crippen molar-refractivity contribution in [3.05, 3.63) is 29.8 Å². The normalized spacial score (nSPS) is 24.8. The molecule has 2 saturated heterocycles. The predicted octanol–water partition coefficient (Wildman–Crippen LogP) is 3.41. The van der Waals surface area contributed by atoms with Crippen LogP contribution in [0.25, 0.3) is 0 Å². The molecule has 2 heterocycles. The first-order chi connectivity index (χ1) is 13.5. The summed E-state index contributed by atoms with van der Waals surface area (Å²) >= 11 is 1.72. The first kappa shape index (κ1) is 21.2. The Hall–Kier alpha value is -1.53. The monoisotopic (exact) mass is 404 g/mol. The van der Waals surface area contributed by atoms with E-state index >= 15 is 0 Å². The fourth-order valence-corrected chi connectivity index (χ4v) is 4.62. The molecule has 2 aliphatic rings. The summed E-state index contributed by atoms with van der Waals surface area (Å²) in [5.41, 5.74) is 0.895. The van der Waals surface area contributed by atoms with Crippen LogP contribution in [0.1, 0.15) is 50.5 Å². The molecule has 2 amide bonds. The first-order valence-corrected chi connectivity index (χ1v) is 11.5. The molecule has 1 aromatic rings. The standard InChI is InChI=1S/C22H32N2O3S/c1-24(16-18-5-3-4-14-27-18)21(26)11-13-22(12-10-20(25)23-22)15-17-6-8-19(28-2)9-7-17/h6-9,18H,3-5,10-16H2,1-2H3,(H,23,25). The van der Waals surface area contributed by atoms with Gasteiger partial charge in [-0.1, -0.05) is 12.1 Å². The number of hydrogen-bond acceptors (Lipinski definition) is 4. The van der Waals surface area contributed by atoms with E-state index < -0.39 is 0 Å². The van der Waals surface area contributed by atoms with Gasteiger partial charge in [0.15, 0.2) is 0 Å². The van der Waals surface area contributed by atoms with Crippen molar-refractivity contribution in [3.63, 3.8) is 0 Å². The Kier molecular flexibility index (Phi) is 7.41. The van der Waals surface area contributed by atoms with Crippen LogP contribution in [0, 0.1) is 0 Å². The van der Waals surface area contributed by atoms with E-state index in [-0.39, 0.29) is 23.5 Å². The van der Waals surface area contributed by atoms with Gasteiger partial charge in [-0.3, -0.25) is 9.59 Å². The molecule has 28 heavy (non-hydrogen) atoms. The van der Waals surface area contributed by atoms with Gasteiger partial charge in [0.1, 0.15) is 0 Å². The Morgan fingerprint density at radius 2 is 2.11 bits per heavy atom. The van der Waals surface area contributed by atoms with Crippen LogP contribution in [0.5, 0.6) is 0 Å². The minimum absolute atomic E-state index is 0.0946. The number of likely N-dealkylation sites (N-methyl/N-ethyl adjacent to an activating group) is 1. The van der Waals surface area contributed by atoms with Gasteiger partial charge in [0.2, 0.25) is 11.8 Å². The zero-order chi connectivity index (χ0) is 20.0. The fourth-order valence-electron chi connectivity index (χ4n) is 4.21. The predicted molar refractivity (Wildman–Crippen MR) is 112 cm³/mol. The Morgan fingerprint density at radius 3 is 2.71 bits per heavy atom. The van der Waals surface area contributed by atoms with Crippen LogP contribution in [0.15, 0.2) is 29.2 Å². The molecule has 0 aliphatic carbocycles. The van der Waals surface area contributed by atoms with E-state index in [2.05, 4.69) is 35.8 Å². The van der Waals surface area contributed by atoms with Crippen molar-refractivity contribution in [2.24, 2.45) is 0 Å². The van der Waals surface area contributed by atoms with Gasteiger partial charge in [0.05, 0.1) is 6.10 Å². The minimum Gasteiger partial charge on any atom is -0.376 e. The zero-order valence-electron chi connectivity index (χ0n) is 17.0. The van der Waals surface area contributed by atoms with Gasteiger partial charge >= 0.3 is 0 Å². The number of rotatable bonds is 8. The van der Waals surface area contributed by atoms with Crippen LogP contribution in [-0.4, -0.2) is 54.8 Å². The van der Waals surface area contributed by atoms with E-state index in [1.165, 1.54) is 16.9 Å². The second kappa shape index (κ2) is 9.79. The van der Waals surface area contributed by atoms with Crippen LogP contribution in [0.3, 0.4) is 0 Å². The lowest BCUT2D eigenvalue weighted by Gasteiger charge is -2.31. The van der Waals surface area contributed by atoms with Gasteiger partial charge in [-0.05, 0) is 62.5 Å². The molecule has 2 fully saturated rings. The summed E-state index contributed by atoms with van der Waals surface area (Å²) in [6.07, 6.45) is 8.79. The Bertz CT molecular complexity index is 673. The molecule has 0 aromatic heterocycles. The number of thioether (sulfide) groups is 1. The third-order valence-electron chi connectivity index (χ3n) is 5.93. The minimum atomic E-state index is -0.310. The SMILES string of the molecule is CSc1ccc(CC2(CCC(=O)N(C)CC3CCCCO3)CCC(=O)N2)cc1. The van der Waals surface area contributed by atoms with Gasteiger partial charge in [0, 0.05) is 43.5 Å². The topological polar surface area (TPSA) is 58.6 Å². The summed E-state index contributed by atoms with van der Waals surface area (Å²) in [6.45, 7) is 1.46. The summed E-state index contributed by atoms with van der Waals surface area (Å²) in [7, 11) is 1.86. The molecule has 6 heteroatoms. The van der Waals surface area contributed by atoms with Crippen molar-refractivity contribution in [2.45, 2.75) is 67.9 Å². The van der Waals surface area contributed by atoms with Crippen LogP contribution in [-0.2, 0) is 20.7 Å². The molecule has 3 rings (SSSR count). The highest BCUT2D eigenvalue weighted by atomic mass is 32.2. The van der Waals surface area contributed by atoms with Crippen LogP contribution in [0.4, 0.5) is 0 Å². The van der Waals surface area contributed by atoms with E-state index in [0.717, 1.165) is 32.3 Å². The van der Waals surface area contributed by atoms with Crippen molar-refractivity contribution in [1.29, 1.82) is 0 Å². The van der Waals surface area contributed by atoms with Gasteiger partial charge in [-0.15, -0.1) is 11.8 Å². The molecule has 2 unspecified atom stereocenters. The van der Waals surface area contributed by atoms with Gasteiger partial charge in [0.25, 0.3) is 0 Å². The number of amides is 2. The maximum Gasteiger partial charge on any atom is 0.222 e. The second-order valence-corrected chi connectivity index (χ2v) is 9.00. The second-order valence-electron chi connectivity index (χ2n) is 8.12. The highest BCUT2D eigenvalue weighted by molar-refractivity contribution is 7.98. The summed E-state index contributed by atoms with van der Waals surface area (Å²) in [6, 6.07) is 8.50. The molecule has 2 atom stereocenters. The van der Waals surface area contributed by atoms with Gasteiger partial charge < -0.3 is 15.0 Å². The smallest absolute Gasteiger partial charge is 0.222 e. The maximum absolute atomic E-state index is 12.7. The molecular weight excluding hydrogens is 372 g/mol. The van der Waals surface area contributed by atoms with Crippen molar-refractivity contribution < 1.29 is 14.3 Å². The Balaban J connectivity index is 1.57. The molecule has 1 N–H and O–H groups in total. The lowest BCUT2D eigenvalue weighted by molar-refractivity contribution is -0.133. The van der Waals surface area contributed by atoms with E-state index in [4.69, 9.17) is 4.74 Å². The number of benzene rings is 1.